The zero-order chi connectivity index (χ0) is 19.0. The monoisotopic (exact) mass is 368 g/mol. The summed E-state index contributed by atoms with van der Waals surface area (Å²) in [6.07, 6.45) is 7.16. The molecule has 0 saturated heterocycles. The fourth-order valence-electron chi connectivity index (χ4n) is 2.75. The van der Waals surface area contributed by atoms with Crippen LogP contribution >= 0.6 is 0 Å². The van der Waals surface area contributed by atoms with E-state index in [4.69, 9.17) is 0 Å². The number of hydrogen-bond acceptors (Lipinski definition) is 6. The van der Waals surface area contributed by atoms with Crippen LogP contribution in [0.3, 0.4) is 0 Å². The molecule has 4 aromatic rings. The SMILES string of the molecule is c1ccc(-c2cc(NCc3cccnc3)nc(NCc3ccncc3)n2)cc1. The molecular formula is C22H20N6. The molecule has 0 atom stereocenters. The van der Waals surface area contributed by atoms with E-state index < -0.39 is 0 Å². The lowest BCUT2D eigenvalue weighted by atomic mass is 10.1. The van der Waals surface area contributed by atoms with Crippen molar-refractivity contribution in [2.24, 2.45) is 0 Å². The van der Waals surface area contributed by atoms with Crippen molar-refractivity contribution >= 4 is 11.8 Å². The first-order valence-corrected chi connectivity index (χ1v) is 9.07. The molecular weight excluding hydrogens is 348 g/mol. The zero-order valence-corrected chi connectivity index (χ0v) is 15.3. The Kier molecular flexibility index (Phi) is 5.49. The van der Waals surface area contributed by atoms with Gasteiger partial charge < -0.3 is 10.6 Å². The van der Waals surface area contributed by atoms with Crippen molar-refractivity contribution < 1.29 is 0 Å². The quantitative estimate of drug-likeness (QED) is 0.510. The molecule has 0 radical (unpaired) electrons. The van der Waals surface area contributed by atoms with Crippen molar-refractivity contribution in [2.45, 2.75) is 13.1 Å². The van der Waals surface area contributed by atoms with E-state index >= 15 is 0 Å². The number of hydrogen-bond donors (Lipinski definition) is 2. The van der Waals surface area contributed by atoms with E-state index in [1.807, 2.05) is 66.9 Å². The van der Waals surface area contributed by atoms with Crippen LogP contribution in [0.4, 0.5) is 11.8 Å². The van der Waals surface area contributed by atoms with Gasteiger partial charge in [0.05, 0.1) is 5.69 Å². The minimum Gasteiger partial charge on any atom is -0.366 e. The van der Waals surface area contributed by atoms with Crippen molar-refractivity contribution in [3.05, 3.63) is 96.6 Å². The summed E-state index contributed by atoms with van der Waals surface area (Å²) in [6, 6.07) is 19.9. The molecule has 4 rings (SSSR count). The van der Waals surface area contributed by atoms with Gasteiger partial charge in [-0.2, -0.15) is 4.98 Å². The number of anilines is 2. The lowest BCUT2D eigenvalue weighted by Crippen LogP contribution is -2.08. The Morgan fingerprint density at radius 3 is 2.29 bits per heavy atom. The molecule has 3 aromatic heterocycles. The second-order valence-corrected chi connectivity index (χ2v) is 6.25. The van der Waals surface area contributed by atoms with Crippen molar-refractivity contribution in [3.63, 3.8) is 0 Å². The van der Waals surface area contributed by atoms with Crippen molar-refractivity contribution in [2.75, 3.05) is 10.6 Å². The van der Waals surface area contributed by atoms with E-state index in [1.165, 1.54) is 0 Å². The summed E-state index contributed by atoms with van der Waals surface area (Å²) in [5, 5.41) is 6.68. The van der Waals surface area contributed by atoms with Crippen LogP contribution in [-0.2, 0) is 13.1 Å². The first kappa shape index (κ1) is 17.6. The summed E-state index contributed by atoms with van der Waals surface area (Å²) in [4.78, 5) is 17.5. The predicted octanol–water partition coefficient (Wildman–Crippen LogP) is 4.16. The molecule has 0 aliphatic rings. The van der Waals surface area contributed by atoms with E-state index in [0.29, 0.717) is 19.0 Å². The topological polar surface area (TPSA) is 75.6 Å². The maximum absolute atomic E-state index is 4.68. The highest BCUT2D eigenvalue weighted by Crippen LogP contribution is 2.22. The Morgan fingerprint density at radius 1 is 0.679 bits per heavy atom. The van der Waals surface area contributed by atoms with Gasteiger partial charge in [0.25, 0.3) is 0 Å². The molecule has 0 bridgehead atoms. The third-order valence-corrected chi connectivity index (χ3v) is 4.19. The van der Waals surface area contributed by atoms with E-state index in [9.17, 15) is 0 Å². The molecule has 1 aromatic carbocycles. The number of nitrogens with zero attached hydrogens (tertiary/aromatic N) is 4. The van der Waals surface area contributed by atoms with Gasteiger partial charge in [-0.05, 0) is 29.3 Å². The van der Waals surface area contributed by atoms with E-state index in [1.54, 1.807) is 18.6 Å². The molecule has 6 heteroatoms. The van der Waals surface area contributed by atoms with E-state index in [0.717, 1.165) is 28.2 Å². The van der Waals surface area contributed by atoms with E-state index in [2.05, 4.69) is 30.6 Å². The molecule has 3 heterocycles. The summed E-state index contributed by atoms with van der Waals surface area (Å²) >= 11 is 0. The molecule has 0 aliphatic heterocycles. The van der Waals surface area contributed by atoms with Crippen LogP contribution < -0.4 is 10.6 Å². The highest BCUT2D eigenvalue weighted by molar-refractivity contribution is 5.64. The fourth-order valence-corrected chi connectivity index (χ4v) is 2.75. The Labute approximate surface area is 163 Å². The number of nitrogens with one attached hydrogen (secondary N) is 2. The minimum absolute atomic E-state index is 0.576. The van der Waals surface area contributed by atoms with Crippen LogP contribution in [-0.4, -0.2) is 19.9 Å². The van der Waals surface area contributed by atoms with Gasteiger partial charge in [-0.3, -0.25) is 9.97 Å². The highest BCUT2D eigenvalue weighted by atomic mass is 15.1. The van der Waals surface area contributed by atoms with E-state index in [-0.39, 0.29) is 0 Å². The first-order chi connectivity index (χ1) is 13.9. The van der Waals surface area contributed by atoms with Crippen molar-refractivity contribution in [1.82, 2.24) is 19.9 Å². The third-order valence-electron chi connectivity index (χ3n) is 4.19. The summed E-state index contributed by atoms with van der Waals surface area (Å²) < 4.78 is 0. The van der Waals surface area contributed by atoms with Gasteiger partial charge in [0.2, 0.25) is 5.95 Å². The van der Waals surface area contributed by atoms with Gasteiger partial charge in [0.1, 0.15) is 5.82 Å². The fraction of sp³-hybridized carbons (Fsp3) is 0.0909. The molecule has 0 fully saturated rings. The Bertz CT molecular complexity index is 945. The van der Waals surface area contributed by atoms with Crippen LogP contribution in [0.1, 0.15) is 11.1 Å². The molecule has 2 N–H and O–H groups in total. The number of rotatable bonds is 7. The average Bonchev–Trinajstić information content (AvgIpc) is 2.78. The lowest BCUT2D eigenvalue weighted by molar-refractivity contribution is 1.03. The van der Waals surface area contributed by atoms with Crippen LogP contribution in [0.2, 0.25) is 0 Å². The van der Waals surface area contributed by atoms with Gasteiger partial charge in [-0.15, -0.1) is 0 Å². The van der Waals surface area contributed by atoms with Crippen LogP contribution in [0.25, 0.3) is 11.3 Å². The van der Waals surface area contributed by atoms with Gasteiger partial charge in [-0.25, -0.2) is 4.98 Å². The highest BCUT2D eigenvalue weighted by Gasteiger charge is 2.07. The van der Waals surface area contributed by atoms with Gasteiger partial charge in [0.15, 0.2) is 0 Å². The standard InChI is InChI=1S/C22H20N6/c1-2-6-19(7-3-1)20-13-21(25-16-18-5-4-10-24-14-18)28-22(27-20)26-15-17-8-11-23-12-9-17/h1-14H,15-16H2,(H2,25,26,27,28). The molecule has 0 aliphatic carbocycles. The summed E-state index contributed by atoms with van der Waals surface area (Å²) in [6.45, 7) is 1.27. The van der Waals surface area contributed by atoms with Crippen LogP contribution in [0.15, 0.2) is 85.5 Å². The molecule has 0 unspecified atom stereocenters. The maximum atomic E-state index is 4.68. The molecule has 28 heavy (non-hydrogen) atoms. The van der Waals surface area contributed by atoms with Gasteiger partial charge in [0, 0.05) is 49.5 Å². The second-order valence-electron chi connectivity index (χ2n) is 6.25. The smallest absolute Gasteiger partial charge is 0.225 e. The lowest BCUT2D eigenvalue weighted by Gasteiger charge is -2.11. The largest absolute Gasteiger partial charge is 0.366 e. The average molecular weight is 368 g/mol. The summed E-state index contributed by atoms with van der Waals surface area (Å²) in [5.41, 5.74) is 4.12. The minimum atomic E-state index is 0.576. The van der Waals surface area contributed by atoms with Crippen molar-refractivity contribution in [3.8, 4) is 11.3 Å². The van der Waals surface area contributed by atoms with Crippen molar-refractivity contribution in [1.29, 1.82) is 0 Å². The molecule has 0 amide bonds. The number of aromatic nitrogens is 4. The Balaban J connectivity index is 1.57. The number of pyridine rings is 2. The van der Waals surface area contributed by atoms with Crippen LogP contribution in [0.5, 0.6) is 0 Å². The first-order valence-electron chi connectivity index (χ1n) is 9.07. The molecule has 138 valence electrons. The van der Waals surface area contributed by atoms with Crippen LogP contribution in [0, 0.1) is 0 Å². The predicted molar refractivity (Wildman–Crippen MR) is 111 cm³/mol. The Morgan fingerprint density at radius 2 is 1.50 bits per heavy atom. The second kappa shape index (κ2) is 8.73. The third kappa shape index (κ3) is 4.67. The van der Waals surface area contributed by atoms with Gasteiger partial charge in [-0.1, -0.05) is 36.4 Å². The Hall–Kier alpha value is -3.80. The molecule has 0 saturated carbocycles. The molecule has 0 spiro atoms. The normalized spacial score (nSPS) is 10.4. The number of benzene rings is 1. The summed E-state index contributed by atoms with van der Waals surface area (Å²) in [5.74, 6) is 1.33. The maximum Gasteiger partial charge on any atom is 0.225 e. The zero-order valence-electron chi connectivity index (χ0n) is 15.3. The summed E-state index contributed by atoms with van der Waals surface area (Å²) in [7, 11) is 0. The molecule has 6 nitrogen and oxygen atoms in total. The van der Waals surface area contributed by atoms with Gasteiger partial charge >= 0.3 is 0 Å².